The van der Waals surface area contributed by atoms with E-state index < -0.39 is 0 Å². The van der Waals surface area contributed by atoms with E-state index in [1.165, 1.54) is 16.7 Å². The Bertz CT molecular complexity index is 693. The summed E-state index contributed by atoms with van der Waals surface area (Å²) in [7, 11) is 1.66. The van der Waals surface area contributed by atoms with Gasteiger partial charge in [0, 0.05) is 13.0 Å². The van der Waals surface area contributed by atoms with Crippen LogP contribution in [0.3, 0.4) is 0 Å². The van der Waals surface area contributed by atoms with Crippen LogP contribution in [0.25, 0.3) is 0 Å². The number of hydrogen-bond donors (Lipinski definition) is 0. The molecular formula is C21H25NO2. The van der Waals surface area contributed by atoms with Gasteiger partial charge in [0.05, 0.1) is 13.2 Å². The molecule has 0 bridgehead atoms. The lowest BCUT2D eigenvalue weighted by Crippen LogP contribution is -2.30. The van der Waals surface area contributed by atoms with Crippen molar-refractivity contribution < 1.29 is 9.53 Å². The fourth-order valence-electron chi connectivity index (χ4n) is 3.48. The van der Waals surface area contributed by atoms with Crippen molar-refractivity contribution in [2.75, 3.05) is 13.7 Å². The summed E-state index contributed by atoms with van der Waals surface area (Å²) in [5, 5.41) is 0. The Morgan fingerprint density at radius 2 is 2.00 bits per heavy atom. The van der Waals surface area contributed by atoms with Crippen LogP contribution in [-0.2, 0) is 11.2 Å². The molecule has 1 fully saturated rings. The molecule has 3 rings (SSSR count). The van der Waals surface area contributed by atoms with Gasteiger partial charge in [-0.1, -0.05) is 42.0 Å². The third kappa shape index (κ3) is 3.78. The number of amides is 1. The molecule has 1 aliphatic heterocycles. The average molecular weight is 323 g/mol. The number of ether oxygens (including phenoxy) is 1. The van der Waals surface area contributed by atoms with E-state index in [-0.39, 0.29) is 11.9 Å². The zero-order valence-corrected chi connectivity index (χ0v) is 14.5. The van der Waals surface area contributed by atoms with Crippen molar-refractivity contribution in [3.63, 3.8) is 0 Å². The minimum Gasteiger partial charge on any atom is -0.497 e. The monoisotopic (exact) mass is 323 g/mol. The number of likely N-dealkylation sites (tertiary alicyclic amines) is 1. The lowest BCUT2D eigenvalue weighted by atomic mass is 10.0. The molecule has 1 aliphatic rings. The molecule has 0 aliphatic carbocycles. The van der Waals surface area contributed by atoms with E-state index in [0.717, 1.165) is 31.6 Å². The first kappa shape index (κ1) is 16.6. The zero-order valence-electron chi connectivity index (χ0n) is 14.5. The fourth-order valence-corrected chi connectivity index (χ4v) is 3.48. The highest BCUT2D eigenvalue weighted by Gasteiger charge is 2.29. The van der Waals surface area contributed by atoms with Gasteiger partial charge in [0.1, 0.15) is 5.75 Å². The van der Waals surface area contributed by atoms with E-state index in [1.54, 1.807) is 7.11 Å². The van der Waals surface area contributed by atoms with Crippen LogP contribution in [0.4, 0.5) is 0 Å². The van der Waals surface area contributed by atoms with Crippen LogP contribution >= 0.6 is 0 Å². The Morgan fingerprint density at radius 1 is 1.21 bits per heavy atom. The maximum atomic E-state index is 12.7. The maximum Gasteiger partial charge on any atom is 0.223 e. The van der Waals surface area contributed by atoms with Crippen LogP contribution in [0.15, 0.2) is 48.5 Å². The second-order valence-electron chi connectivity index (χ2n) is 6.51. The van der Waals surface area contributed by atoms with Crippen molar-refractivity contribution >= 4 is 5.91 Å². The van der Waals surface area contributed by atoms with Crippen LogP contribution < -0.4 is 4.74 Å². The van der Waals surface area contributed by atoms with Gasteiger partial charge >= 0.3 is 0 Å². The molecule has 0 N–H and O–H groups in total. The first-order chi connectivity index (χ1) is 11.7. The molecule has 1 amide bonds. The highest BCUT2D eigenvalue weighted by molar-refractivity contribution is 5.77. The Kier molecular flexibility index (Phi) is 5.19. The molecular weight excluding hydrogens is 298 g/mol. The molecule has 0 unspecified atom stereocenters. The molecule has 1 heterocycles. The number of hydrogen-bond acceptors (Lipinski definition) is 2. The van der Waals surface area contributed by atoms with Crippen molar-refractivity contribution in [3.05, 3.63) is 65.2 Å². The topological polar surface area (TPSA) is 29.5 Å². The molecule has 1 atom stereocenters. The van der Waals surface area contributed by atoms with Crippen molar-refractivity contribution in [3.8, 4) is 5.75 Å². The van der Waals surface area contributed by atoms with Gasteiger partial charge in [0.2, 0.25) is 5.91 Å². The van der Waals surface area contributed by atoms with Gasteiger partial charge in [-0.05, 0) is 49.4 Å². The zero-order chi connectivity index (χ0) is 16.9. The molecule has 24 heavy (non-hydrogen) atoms. The van der Waals surface area contributed by atoms with E-state index in [4.69, 9.17) is 4.74 Å². The summed E-state index contributed by atoms with van der Waals surface area (Å²) < 4.78 is 5.17. The summed E-state index contributed by atoms with van der Waals surface area (Å²) in [6.07, 6.45) is 3.50. The molecule has 0 aromatic heterocycles. The summed E-state index contributed by atoms with van der Waals surface area (Å²) in [5.41, 5.74) is 3.70. The average Bonchev–Trinajstić information content (AvgIpc) is 3.10. The van der Waals surface area contributed by atoms with E-state index in [1.807, 2.05) is 24.3 Å². The van der Waals surface area contributed by atoms with Crippen molar-refractivity contribution in [2.45, 2.75) is 38.6 Å². The largest absolute Gasteiger partial charge is 0.497 e. The number of aryl methyl sites for hydroxylation is 2. The molecule has 2 aromatic carbocycles. The first-order valence-electron chi connectivity index (χ1n) is 8.66. The lowest BCUT2D eigenvalue weighted by Gasteiger charge is -2.25. The van der Waals surface area contributed by atoms with Gasteiger partial charge in [0.15, 0.2) is 0 Å². The fraction of sp³-hybridized carbons (Fsp3) is 0.381. The second-order valence-corrected chi connectivity index (χ2v) is 6.51. The van der Waals surface area contributed by atoms with Crippen LogP contribution in [0.5, 0.6) is 5.75 Å². The lowest BCUT2D eigenvalue weighted by molar-refractivity contribution is -0.132. The van der Waals surface area contributed by atoms with E-state index in [2.05, 4.69) is 36.1 Å². The normalized spacial score (nSPS) is 17.1. The molecule has 126 valence electrons. The minimum absolute atomic E-state index is 0.244. The SMILES string of the molecule is COc1ccc(CCC(=O)N2CCC[C@H]2c2cccc(C)c2)cc1. The Balaban J connectivity index is 1.63. The Morgan fingerprint density at radius 3 is 2.71 bits per heavy atom. The van der Waals surface area contributed by atoms with Gasteiger partial charge in [-0.25, -0.2) is 0 Å². The number of methoxy groups -OCH3 is 1. The molecule has 3 nitrogen and oxygen atoms in total. The van der Waals surface area contributed by atoms with Gasteiger partial charge in [-0.15, -0.1) is 0 Å². The van der Waals surface area contributed by atoms with E-state index >= 15 is 0 Å². The molecule has 2 aromatic rings. The van der Waals surface area contributed by atoms with Crippen LogP contribution in [0.2, 0.25) is 0 Å². The molecule has 3 heteroatoms. The van der Waals surface area contributed by atoms with Gasteiger partial charge < -0.3 is 9.64 Å². The summed E-state index contributed by atoms with van der Waals surface area (Å²) in [6.45, 7) is 2.98. The van der Waals surface area contributed by atoms with Crippen LogP contribution in [-0.4, -0.2) is 24.5 Å². The Hall–Kier alpha value is -2.29. The second kappa shape index (κ2) is 7.52. The van der Waals surface area contributed by atoms with Gasteiger partial charge in [-0.3, -0.25) is 4.79 Å². The standard InChI is InChI=1S/C21H25NO2/c1-16-5-3-6-18(15-16)20-7-4-14-22(20)21(23)13-10-17-8-11-19(24-2)12-9-17/h3,5-6,8-9,11-12,15,20H,4,7,10,13-14H2,1-2H3/t20-/m0/s1. The van der Waals surface area contributed by atoms with Gasteiger partial charge in [-0.2, -0.15) is 0 Å². The first-order valence-corrected chi connectivity index (χ1v) is 8.66. The maximum absolute atomic E-state index is 12.7. The van der Waals surface area contributed by atoms with Crippen molar-refractivity contribution in [1.29, 1.82) is 0 Å². The predicted molar refractivity (Wildman–Crippen MR) is 96.2 cm³/mol. The van der Waals surface area contributed by atoms with E-state index in [9.17, 15) is 4.79 Å². The third-order valence-corrected chi connectivity index (χ3v) is 4.79. The summed E-state index contributed by atoms with van der Waals surface area (Å²) in [4.78, 5) is 14.8. The number of nitrogens with zero attached hydrogens (tertiary/aromatic N) is 1. The highest BCUT2D eigenvalue weighted by atomic mass is 16.5. The number of rotatable bonds is 5. The number of benzene rings is 2. The third-order valence-electron chi connectivity index (χ3n) is 4.79. The predicted octanol–water partition coefficient (Wildman–Crippen LogP) is 4.30. The van der Waals surface area contributed by atoms with Crippen LogP contribution in [0.1, 0.15) is 42.0 Å². The number of carbonyl (C=O) groups excluding carboxylic acids is 1. The smallest absolute Gasteiger partial charge is 0.223 e. The highest BCUT2D eigenvalue weighted by Crippen LogP contribution is 2.32. The minimum atomic E-state index is 0.244. The number of carbonyl (C=O) groups is 1. The van der Waals surface area contributed by atoms with Crippen molar-refractivity contribution in [1.82, 2.24) is 4.90 Å². The summed E-state index contributed by atoms with van der Waals surface area (Å²) >= 11 is 0. The Labute approximate surface area is 144 Å². The van der Waals surface area contributed by atoms with E-state index in [0.29, 0.717) is 6.42 Å². The van der Waals surface area contributed by atoms with Crippen molar-refractivity contribution in [2.24, 2.45) is 0 Å². The summed E-state index contributed by atoms with van der Waals surface area (Å²) in [5.74, 6) is 1.11. The van der Waals surface area contributed by atoms with Crippen LogP contribution in [0, 0.1) is 6.92 Å². The summed E-state index contributed by atoms with van der Waals surface area (Å²) in [6, 6.07) is 16.8. The molecule has 0 spiro atoms. The molecule has 0 saturated carbocycles. The molecule has 0 radical (unpaired) electrons. The quantitative estimate of drug-likeness (QED) is 0.821. The van der Waals surface area contributed by atoms with Gasteiger partial charge in [0.25, 0.3) is 0 Å². The molecule has 1 saturated heterocycles.